The molecule has 16 rings (SSSR count). The molecule has 0 unspecified atom stereocenters. The predicted octanol–water partition coefficient (Wildman–Crippen LogP) is 21.9. The van der Waals surface area contributed by atoms with Crippen LogP contribution >= 0.6 is 0 Å². The molecule has 14 aromatic carbocycles. The van der Waals surface area contributed by atoms with Gasteiger partial charge in [0.05, 0.1) is 0 Å². The molecule has 0 nitrogen and oxygen atoms in total. The van der Waals surface area contributed by atoms with Crippen molar-refractivity contribution >= 4 is 151 Å². The molecule has 0 N–H and O–H groups in total. The topological polar surface area (TPSA) is 0 Å². The minimum Gasteiger partial charge on any atom is -0.0579 e. The zero-order valence-electron chi connectivity index (χ0n) is 44.9. The van der Waals surface area contributed by atoms with Gasteiger partial charge in [-0.15, -0.1) is 0 Å². The van der Waals surface area contributed by atoms with E-state index >= 15 is 0 Å². The van der Waals surface area contributed by atoms with E-state index in [9.17, 15) is 0 Å². The summed E-state index contributed by atoms with van der Waals surface area (Å²) in [5.41, 5.74) is 8.21. The van der Waals surface area contributed by atoms with Gasteiger partial charge < -0.3 is 0 Å². The van der Waals surface area contributed by atoms with Crippen molar-refractivity contribution in [3.63, 3.8) is 0 Å². The summed E-state index contributed by atoms with van der Waals surface area (Å²) in [5.74, 6) is 0. The lowest BCUT2D eigenvalue weighted by Gasteiger charge is -2.25. The van der Waals surface area contributed by atoms with Crippen LogP contribution in [-0.2, 0) is 21.7 Å². The molecule has 0 aliphatic heterocycles. The van der Waals surface area contributed by atoms with Crippen LogP contribution in [0.4, 0.5) is 0 Å². The average molecular weight is 949 g/mol. The SMILES string of the molecule is CC(C)(C)c1ccc2c3c4cc5ccc6cc(C(C)(C)C)cc7ccc(c5c67)c4c4c5ccc6cc(C(C)(C)C)cc7ccc(c5c67)c5c6c(cc7ccc8cc(C(C)(C)C)cc9ccc6c7c89)c(c-2cc1)c3c45. The molecule has 0 radical (unpaired) electrons. The maximum absolute atomic E-state index is 2.60. The van der Waals surface area contributed by atoms with E-state index in [0.29, 0.717) is 0 Å². The van der Waals surface area contributed by atoms with Gasteiger partial charge >= 0.3 is 0 Å². The van der Waals surface area contributed by atoms with Crippen LogP contribution in [0.25, 0.3) is 162 Å². The van der Waals surface area contributed by atoms with E-state index in [0.717, 1.165) is 0 Å². The van der Waals surface area contributed by atoms with Crippen molar-refractivity contribution in [2.24, 2.45) is 0 Å². The molecule has 0 aromatic heterocycles. The molecule has 2 aliphatic carbocycles. The maximum atomic E-state index is 2.60. The first-order valence-corrected chi connectivity index (χ1v) is 27.2. The Labute approximate surface area is 432 Å². The quantitative estimate of drug-likeness (QED) is 0.105. The van der Waals surface area contributed by atoms with E-state index in [1.54, 1.807) is 0 Å². The minimum absolute atomic E-state index is 0.0138. The number of fused-ring (bicyclic) bond motifs is 13. The molecule has 356 valence electrons. The second-order valence-corrected chi connectivity index (χ2v) is 26.8. The summed E-state index contributed by atoms with van der Waals surface area (Å²) in [6.45, 7) is 28.1. The van der Waals surface area contributed by atoms with Gasteiger partial charge in [-0.25, -0.2) is 0 Å². The predicted molar refractivity (Wildman–Crippen MR) is 328 cm³/mol. The fourth-order valence-electron chi connectivity index (χ4n) is 14.5. The summed E-state index contributed by atoms with van der Waals surface area (Å²) in [4.78, 5) is 0. The van der Waals surface area contributed by atoms with E-state index in [1.165, 1.54) is 184 Å². The Hall–Kier alpha value is -7.54. The fraction of sp³-hybridized carbons (Fsp3) is 0.216. The van der Waals surface area contributed by atoms with Crippen molar-refractivity contribution in [1.29, 1.82) is 0 Å². The van der Waals surface area contributed by atoms with Crippen molar-refractivity contribution in [2.45, 2.75) is 105 Å². The number of rotatable bonds is 0. The third kappa shape index (κ3) is 5.34. The van der Waals surface area contributed by atoms with Gasteiger partial charge in [-0.05, 0) is 218 Å². The molecule has 0 amide bonds. The fourth-order valence-corrected chi connectivity index (χ4v) is 14.5. The zero-order chi connectivity index (χ0) is 50.6. The van der Waals surface area contributed by atoms with Crippen LogP contribution in [0.1, 0.15) is 105 Å². The summed E-state index contributed by atoms with van der Waals surface area (Å²) in [7, 11) is 0. The number of hydrogen-bond donors (Lipinski definition) is 0. The van der Waals surface area contributed by atoms with Crippen molar-refractivity contribution in [3.8, 4) is 11.1 Å². The van der Waals surface area contributed by atoms with Gasteiger partial charge in [0, 0.05) is 0 Å². The number of hydrogen-bond acceptors (Lipinski definition) is 0. The second kappa shape index (κ2) is 13.4. The first-order valence-electron chi connectivity index (χ1n) is 27.2. The maximum Gasteiger partial charge on any atom is -0.0000483 e. The summed E-state index contributed by atoms with van der Waals surface area (Å²) in [6, 6.07) is 59.3. The Bertz CT molecular complexity index is 4790. The molecule has 2 aliphatic rings. The molecule has 0 saturated carbocycles. The van der Waals surface area contributed by atoms with E-state index in [-0.39, 0.29) is 21.7 Å². The lowest BCUT2D eigenvalue weighted by atomic mass is 9.78. The normalized spacial score (nSPS) is 13.9. The molecule has 74 heavy (non-hydrogen) atoms. The largest absolute Gasteiger partial charge is 0.0579 e. The highest BCUT2D eigenvalue weighted by Gasteiger charge is 2.32. The van der Waals surface area contributed by atoms with Crippen LogP contribution in [0.15, 0.2) is 146 Å². The summed E-state index contributed by atoms with van der Waals surface area (Å²) in [5, 5.41) is 38.0. The van der Waals surface area contributed by atoms with Crippen LogP contribution in [-0.4, -0.2) is 0 Å². The van der Waals surface area contributed by atoms with Gasteiger partial charge in [0.2, 0.25) is 0 Å². The first-order chi connectivity index (χ1) is 35.2. The van der Waals surface area contributed by atoms with Gasteiger partial charge in [-0.2, -0.15) is 0 Å². The van der Waals surface area contributed by atoms with Crippen LogP contribution in [0.2, 0.25) is 0 Å². The van der Waals surface area contributed by atoms with Crippen molar-refractivity contribution in [1.82, 2.24) is 0 Å². The second-order valence-electron chi connectivity index (χ2n) is 26.8. The van der Waals surface area contributed by atoms with Gasteiger partial charge in [-0.1, -0.05) is 217 Å². The lowest BCUT2D eigenvalue weighted by Crippen LogP contribution is -2.10. The number of benzene rings is 14. The van der Waals surface area contributed by atoms with Gasteiger partial charge in [0.15, 0.2) is 0 Å². The molecular formula is C74H60. The van der Waals surface area contributed by atoms with Gasteiger partial charge in [0.1, 0.15) is 0 Å². The van der Waals surface area contributed by atoms with Gasteiger partial charge in [0.25, 0.3) is 0 Å². The summed E-state index contributed by atoms with van der Waals surface area (Å²) >= 11 is 0. The Balaban J connectivity index is 1.24. The molecule has 14 aromatic rings. The molecule has 0 bridgehead atoms. The van der Waals surface area contributed by atoms with Crippen LogP contribution in [0.3, 0.4) is 0 Å². The molecule has 0 fully saturated rings. The zero-order valence-corrected chi connectivity index (χ0v) is 44.9. The highest BCUT2D eigenvalue weighted by atomic mass is 14.3. The Kier molecular flexibility index (Phi) is 7.77. The van der Waals surface area contributed by atoms with Crippen molar-refractivity contribution in [3.05, 3.63) is 168 Å². The lowest BCUT2D eigenvalue weighted by molar-refractivity contribution is 0.591. The first kappa shape index (κ1) is 42.9. The van der Waals surface area contributed by atoms with E-state index < -0.39 is 0 Å². The molecule has 0 heterocycles. The highest BCUT2D eigenvalue weighted by Crippen LogP contribution is 2.59. The Morgan fingerprint density at radius 1 is 0.176 bits per heavy atom. The van der Waals surface area contributed by atoms with Crippen LogP contribution < -0.4 is 0 Å². The van der Waals surface area contributed by atoms with Gasteiger partial charge in [-0.3, -0.25) is 0 Å². The molecule has 0 spiro atoms. The standard InChI is InChI=1S/C74H60/c1-71(2,3)45-21-27-49-50(28-22-45)63-56-36-44-16-14-38-30-47(73(7,8)9)32-40-18-24-52(61(44)58(38)40)66(56)68-54-26-20-42-34-48(74(10,11)12)33-41-19-25-53(64(54)59(41)42)67-65-51-23-17-39-31-46(72(4,5)6)29-37-13-15-43(60(51)57(37)39)35-55(65)62(49)69(63)70(67)68/h13-36H,1-12H3. The van der Waals surface area contributed by atoms with Crippen molar-refractivity contribution < 1.29 is 0 Å². The van der Waals surface area contributed by atoms with Crippen LogP contribution in [0, 0.1) is 0 Å². The third-order valence-corrected chi connectivity index (χ3v) is 18.3. The summed E-state index contributed by atoms with van der Waals surface area (Å²) in [6.07, 6.45) is 0. The highest BCUT2D eigenvalue weighted by molar-refractivity contribution is 6.56. The third-order valence-electron chi connectivity index (χ3n) is 18.3. The Morgan fingerprint density at radius 3 is 0.757 bits per heavy atom. The average Bonchev–Trinajstić information content (AvgIpc) is 3.70. The molecule has 0 saturated heterocycles. The van der Waals surface area contributed by atoms with E-state index in [4.69, 9.17) is 0 Å². The molecule has 0 heteroatoms. The van der Waals surface area contributed by atoms with Crippen molar-refractivity contribution in [2.75, 3.05) is 0 Å². The smallest absolute Gasteiger partial charge is 0.0000483 e. The molecular weight excluding hydrogens is 889 g/mol. The Morgan fingerprint density at radius 2 is 0.432 bits per heavy atom. The van der Waals surface area contributed by atoms with E-state index in [1.807, 2.05) is 0 Å². The summed E-state index contributed by atoms with van der Waals surface area (Å²) < 4.78 is 0. The van der Waals surface area contributed by atoms with E-state index in [2.05, 4.69) is 229 Å². The minimum atomic E-state index is -0.0138. The monoisotopic (exact) mass is 948 g/mol. The molecule has 0 atom stereocenters. The van der Waals surface area contributed by atoms with Crippen LogP contribution in [0.5, 0.6) is 0 Å².